The number of hydrogen-bond donors (Lipinski definition) is 0. The van der Waals surface area contributed by atoms with Gasteiger partial charge < -0.3 is 9.32 Å². The molecule has 3 heteroatoms. The van der Waals surface area contributed by atoms with Gasteiger partial charge in [0.15, 0.2) is 4.90 Å². The van der Waals surface area contributed by atoms with Crippen molar-refractivity contribution in [1.82, 2.24) is 0 Å². The maximum Gasteiger partial charge on any atom is 0.188 e. The lowest BCUT2D eigenvalue weighted by Gasteiger charge is -2.66. The number of nitrogens with zero attached hydrogens (tertiary/aromatic N) is 1. The third-order valence-electron chi connectivity index (χ3n) is 9.21. The second-order valence-corrected chi connectivity index (χ2v) is 10.9. The molecule has 0 radical (unpaired) electrons. The number of benzene rings is 1. The molecule has 1 aromatic carbocycles. The van der Waals surface area contributed by atoms with Crippen LogP contribution in [0.2, 0.25) is 0 Å². The molecule has 136 valence electrons. The SMILES string of the molecule is c1ccc(N2Cc3c(sc4occc34)C23C2CC4CC5CC3C2(C4)C5)cc1. The van der Waals surface area contributed by atoms with Crippen molar-refractivity contribution in [2.45, 2.75) is 44.2 Å². The van der Waals surface area contributed by atoms with Gasteiger partial charge in [0, 0.05) is 22.5 Å². The van der Waals surface area contributed by atoms with E-state index < -0.39 is 0 Å². The molecular formula is C24H23NOS. The summed E-state index contributed by atoms with van der Waals surface area (Å²) < 4.78 is 5.87. The van der Waals surface area contributed by atoms with E-state index in [9.17, 15) is 0 Å². The first-order chi connectivity index (χ1) is 13.3. The molecule has 2 aromatic heterocycles. The van der Waals surface area contributed by atoms with Crippen LogP contribution in [0.4, 0.5) is 5.69 Å². The predicted molar refractivity (Wildman–Crippen MR) is 108 cm³/mol. The van der Waals surface area contributed by atoms with Crippen LogP contribution in [0.1, 0.15) is 42.5 Å². The Kier molecular flexibility index (Phi) is 2.27. The van der Waals surface area contributed by atoms with Crippen molar-refractivity contribution < 1.29 is 4.42 Å². The Balaban J connectivity index is 1.41. The highest BCUT2D eigenvalue weighted by Crippen LogP contribution is 2.84. The first kappa shape index (κ1) is 14.3. The smallest absolute Gasteiger partial charge is 0.188 e. The standard InChI is InChI=1S/C24H23NOS/c1-2-4-16(5-3-1)25-13-18-17-6-7-26-22(17)27-21(18)24(25)19-9-14-8-15-10-20(24)23(19,11-14)12-15/h1-7,14-15,19-20H,8-13H2. The van der Waals surface area contributed by atoms with Crippen LogP contribution in [-0.4, -0.2) is 0 Å². The third kappa shape index (κ3) is 1.35. The van der Waals surface area contributed by atoms with Crippen LogP contribution in [0.5, 0.6) is 0 Å². The summed E-state index contributed by atoms with van der Waals surface area (Å²) in [6.45, 7) is 1.07. The Morgan fingerprint density at radius 2 is 1.74 bits per heavy atom. The fourth-order valence-corrected chi connectivity index (χ4v) is 10.3. The Hall–Kier alpha value is -1.74. The zero-order chi connectivity index (χ0) is 17.4. The van der Waals surface area contributed by atoms with E-state index in [-0.39, 0.29) is 5.54 Å². The Labute approximate surface area is 163 Å². The summed E-state index contributed by atoms with van der Waals surface area (Å²) in [6.07, 6.45) is 9.39. The maximum absolute atomic E-state index is 5.87. The molecule has 4 atom stereocenters. The molecule has 3 aromatic rings. The van der Waals surface area contributed by atoms with Crippen molar-refractivity contribution in [1.29, 1.82) is 0 Å². The normalized spacial score (nSPS) is 42.9. The lowest BCUT2D eigenvalue weighted by molar-refractivity contribution is -0.104. The van der Waals surface area contributed by atoms with Gasteiger partial charge in [-0.15, -0.1) is 11.3 Å². The minimum Gasteiger partial charge on any atom is -0.454 e. The Morgan fingerprint density at radius 1 is 0.963 bits per heavy atom. The molecule has 4 aliphatic carbocycles. The van der Waals surface area contributed by atoms with E-state index in [1.165, 1.54) is 43.2 Å². The summed E-state index contributed by atoms with van der Waals surface area (Å²) in [4.78, 5) is 5.67. The topological polar surface area (TPSA) is 16.4 Å². The second-order valence-electron chi connectivity index (χ2n) is 9.96. The molecule has 3 bridgehead atoms. The van der Waals surface area contributed by atoms with E-state index in [4.69, 9.17) is 4.42 Å². The average molecular weight is 374 g/mol. The summed E-state index contributed by atoms with van der Waals surface area (Å²) in [6, 6.07) is 13.5. The highest BCUT2D eigenvalue weighted by atomic mass is 32.1. The Morgan fingerprint density at radius 3 is 2.52 bits per heavy atom. The lowest BCUT2D eigenvalue weighted by Crippen LogP contribution is -2.68. The maximum atomic E-state index is 5.87. The van der Waals surface area contributed by atoms with E-state index in [0.717, 1.165) is 35.1 Å². The summed E-state index contributed by atoms with van der Waals surface area (Å²) in [7, 11) is 0. The molecule has 27 heavy (non-hydrogen) atoms. The molecule has 1 aliphatic heterocycles. The van der Waals surface area contributed by atoms with Crippen LogP contribution in [0.25, 0.3) is 10.3 Å². The molecule has 4 unspecified atom stereocenters. The third-order valence-corrected chi connectivity index (χ3v) is 10.5. The van der Waals surface area contributed by atoms with Crippen molar-refractivity contribution in [2.24, 2.45) is 29.1 Å². The van der Waals surface area contributed by atoms with Gasteiger partial charge in [0.1, 0.15) is 0 Å². The Bertz CT molecular complexity index is 1070. The van der Waals surface area contributed by atoms with E-state index in [1.54, 1.807) is 10.4 Å². The van der Waals surface area contributed by atoms with Crippen molar-refractivity contribution >= 4 is 27.3 Å². The van der Waals surface area contributed by atoms with Gasteiger partial charge in [-0.3, -0.25) is 0 Å². The second kappa shape index (κ2) is 4.30. The van der Waals surface area contributed by atoms with Gasteiger partial charge in [-0.2, -0.15) is 0 Å². The van der Waals surface area contributed by atoms with Crippen LogP contribution in [-0.2, 0) is 12.1 Å². The summed E-state index contributed by atoms with van der Waals surface area (Å²) >= 11 is 1.98. The van der Waals surface area contributed by atoms with Gasteiger partial charge in [0.25, 0.3) is 0 Å². The van der Waals surface area contributed by atoms with Gasteiger partial charge >= 0.3 is 0 Å². The number of rotatable bonds is 1. The van der Waals surface area contributed by atoms with Crippen molar-refractivity contribution in [3.8, 4) is 0 Å². The molecule has 0 N–H and O–H groups in total. The number of para-hydroxylation sites is 1. The molecule has 8 rings (SSSR count). The average Bonchev–Trinajstić information content (AvgIpc) is 3.42. The summed E-state index contributed by atoms with van der Waals surface area (Å²) in [5, 5.41) is 1.38. The van der Waals surface area contributed by atoms with Crippen LogP contribution >= 0.6 is 11.3 Å². The zero-order valence-corrected chi connectivity index (χ0v) is 16.2. The zero-order valence-electron chi connectivity index (χ0n) is 15.4. The first-order valence-electron chi connectivity index (χ1n) is 10.6. The van der Waals surface area contributed by atoms with Gasteiger partial charge in [0.05, 0.1) is 11.8 Å². The first-order valence-corrected chi connectivity index (χ1v) is 11.4. The minimum atomic E-state index is 0.257. The van der Waals surface area contributed by atoms with Gasteiger partial charge in [-0.05, 0) is 85.0 Å². The molecule has 4 saturated carbocycles. The molecule has 2 nitrogen and oxygen atoms in total. The quantitative estimate of drug-likeness (QED) is 0.507. The lowest BCUT2D eigenvalue weighted by atomic mass is 9.44. The fourth-order valence-electron chi connectivity index (χ4n) is 8.86. The molecule has 0 amide bonds. The molecule has 4 fully saturated rings. The number of furan rings is 1. The fraction of sp³-hybridized carbons (Fsp3) is 0.500. The number of fused-ring (bicyclic) bond motifs is 8. The largest absolute Gasteiger partial charge is 0.454 e. The molecular weight excluding hydrogens is 350 g/mol. The van der Waals surface area contributed by atoms with E-state index in [1.807, 2.05) is 17.6 Å². The number of anilines is 1. The highest BCUT2D eigenvalue weighted by molar-refractivity contribution is 7.18. The van der Waals surface area contributed by atoms with Gasteiger partial charge in [0.2, 0.25) is 0 Å². The van der Waals surface area contributed by atoms with Crippen molar-refractivity contribution in [3.05, 3.63) is 53.1 Å². The van der Waals surface area contributed by atoms with Crippen LogP contribution < -0.4 is 4.90 Å². The highest BCUT2D eigenvalue weighted by Gasteiger charge is 2.81. The van der Waals surface area contributed by atoms with Crippen LogP contribution in [0.15, 0.2) is 47.1 Å². The van der Waals surface area contributed by atoms with Crippen LogP contribution in [0.3, 0.4) is 0 Å². The van der Waals surface area contributed by atoms with Crippen LogP contribution in [0, 0.1) is 29.1 Å². The molecule has 0 saturated heterocycles. The molecule has 5 aliphatic rings. The van der Waals surface area contributed by atoms with E-state index in [2.05, 4.69) is 41.3 Å². The summed E-state index contributed by atoms with van der Waals surface area (Å²) in [5.74, 6) is 3.72. The summed E-state index contributed by atoms with van der Waals surface area (Å²) in [5.41, 5.74) is 3.94. The van der Waals surface area contributed by atoms with Gasteiger partial charge in [-0.1, -0.05) is 18.2 Å². The van der Waals surface area contributed by atoms with E-state index >= 15 is 0 Å². The molecule has 2 spiro atoms. The monoisotopic (exact) mass is 373 g/mol. The minimum absolute atomic E-state index is 0.257. The number of thiophene rings is 1. The number of hydrogen-bond acceptors (Lipinski definition) is 3. The van der Waals surface area contributed by atoms with Gasteiger partial charge in [-0.25, -0.2) is 0 Å². The van der Waals surface area contributed by atoms with Crippen molar-refractivity contribution in [3.63, 3.8) is 0 Å². The van der Waals surface area contributed by atoms with Crippen molar-refractivity contribution in [2.75, 3.05) is 4.90 Å². The van der Waals surface area contributed by atoms with E-state index in [0.29, 0.717) is 5.41 Å². The molecule has 3 heterocycles. The predicted octanol–water partition coefficient (Wildman–Crippen LogP) is 6.17.